The van der Waals surface area contributed by atoms with Gasteiger partial charge in [-0.05, 0) is 23.8 Å². The van der Waals surface area contributed by atoms with E-state index in [1.54, 1.807) is 0 Å². The van der Waals surface area contributed by atoms with Gasteiger partial charge in [0.15, 0.2) is 0 Å². The molecule has 1 aromatic carbocycles. The van der Waals surface area contributed by atoms with Gasteiger partial charge >= 0.3 is 5.97 Å². The molecular weight excluding hydrogens is 284 g/mol. The molecule has 0 aliphatic heterocycles. The molecule has 0 aliphatic rings. The SMILES string of the molecule is O=C(O)/C=C/c1ccc(C(=O)N(CCO)CC(F)F)cc1. The molecule has 1 aromatic rings. The highest BCUT2D eigenvalue weighted by Crippen LogP contribution is 2.10. The van der Waals surface area contributed by atoms with Gasteiger partial charge in [0, 0.05) is 18.2 Å². The van der Waals surface area contributed by atoms with Crippen molar-refractivity contribution in [1.82, 2.24) is 4.90 Å². The summed E-state index contributed by atoms with van der Waals surface area (Å²) in [6, 6.07) is 5.84. The van der Waals surface area contributed by atoms with Crippen molar-refractivity contribution in [1.29, 1.82) is 0 Å². The summed E-state index contributed by atoms with van der Waals surface area (Å²) in [7, 11) is 0. The first kappa shape index (κ1) is 16.8. The lowest BCUT2D eigenvalue weighted by Crippen LogP contribution is -2.37. The number of carbonyl (C=O) groups is 2. The van der Waals surface area contributed by atoms with Crippen LogP contribution < -0.4 is 0 Å². The Morgan fingerprint density at radius 3 is 2.33 bits per heavy atom. The number of carboxylic acid groups (broad SMARTS) is 1. The molecule has 7 heteroatoms. The monoisotopic (exact) mass is 299 g/mol. The van der Waals surface area contributed by atoms with Gasteiger partial charge in [0.05, 0.1) is 13.2 Å². The summed E-state index contributed by atoms with van der Waals surface area (Å²) in [6.45, 7) is -1.33. The lowest BCUT2D eigenvalue weighted by Gasteiger charge is -2.21. The fraction of sp³-hybridized carbons (Fsp3) is 0.286. The standard InChI is InChI=1S/C14H15F2NO4/c15-12(16)9-17(7-8-18)14(21)11-4-1-10(2-5-11)3-6-13(19)20/h1-6,12,18H,7-9H2,(H,19,20)/b6-3+. The minimum Gasteiger partial charge on any atom is -0.478 e. The van der Waals surface area contributed by atoms with Gasteiger partial charge in [0.1, 0.15) is 0 Å². The number of aliphatic carboxylic acids is 1. The zero-order valence-electron chi connectivity index (χ0n) is 11.1. The van der Waals surface area contributed by atoms with E-state index in [0.717, 1.165) is 11.0 Å². The quantitative estimate of drug-likeness (QED) is 0.748. The maximum absolute atomic E-state index is 12.4. The highest BCUT2D eigenvalue weighted by Gasteiger charge is 2.19. The molecule has 2 N–H and O–H groups in total. The third kappa shape index (κ3) is 5.70. The van der Waals surface area contributed by atoms with E-state index in [9.17, 15) is 18.4 Å². The van der Waals surface area contributed by atoms with E-state index in [1.165, 1.54) is 30.3 Å². The fourth-order valence-corrected chi connectivity index (χ4v) is 1.65. The number of amides is 1. The number of nitrogens with zero attached hydrogens (tertiary/aromatic N) is 1. The Balaban J connectivity index is 2.83. The van der Waals surface area contributed by atoms with Crippen LogP contribution in [0.5, 0.6) is 0 Å². The molecule has 0 aliphatic carbocycles. The molecule has 0 saturated heterocycles. The van der Waals surface area contributed by atoms with E-state index in [0.29, 0.717) is 5.56 Å². The topological polar surface area (TPSA) is 77.8 Å². The van der Waals surface area contributed by atoms with Crippen molar-refractivity contribution < 1.29 is 28.6 Å². The van der Waals surface area contributed by atoms with Crippen LogP contribution in [0.3, 0.4) is 0 Å². The molecule has 1 amide bonds. The van der Waals surface area contributed by atoms with E-state index in [1.807, 2.05) is 0 Å². The number of hydrogen-bond acceptors (Lipinski definition) is 3. The highest BCUT2D eigenvalue weighted by molar-refractivity contribution is 5.94. The van der Waals surface area contributed by atoms with Gasteiger partial charge in [-0.1, -0.05) is 12.1 Å². The molecule has 0 atom stereocenters. The maximum Gasteiger partial charge on any atom is 0.328 e. The summed E-state index contributed by atoms with van der Waals surface area (Å²) in [6.07, 6.45) is -0.384. The molecule has 0 saturated carbocycles. The van der Waals surface area contributed by atoms with Gasteiger partial charge in [-0.2, -0.15) is 0 Å². The summed E-state index contributed by atoms with van der Waals surface area (Å²) < 4.78 is 24.8. The summed E-state index contributed by atoms with van der Waals surface area (Å²) in [5, 5.41) is 17.3. The zero-order valence-corrected chi connectivity index (χ0v) is 11.1. The van der Waals surface area contributed by atoms with E-state index in [-0.39, 0.29) is 12.1 Å². The van der Waals surface area contributed by atoms with Crippen molar-refractivity contribution in [2.75, 3.05) is 19.7 Å². The summed E-state index contributed by atoms with van der Waals surface area (Å²) in [5.41, 5.74) is 0.757. The van der Waals surface area contributed by atoms with E-state index >= 15 is 0 Å². The van der Waals surface area contributed by atoms with E-state index in [4.69, 9.17) is 10.2 Å². The summed E-state index contributed by atoms with van der Waals surface area (Å²) in [5.74, 6) is -1.71. The van der Waals surface area contributed by atoms with Crippen molar-refractivity contribution in [3.63, 3.8) is 0 Å². The molecule has 0 bridgehead atoms. The average molecular weight is 299 g/mol. The highest BCUT2D eigenvalue weighted by atomic mass is 19.3. The fourth-order valence-electron chi connectivity index (χ4n) is 1.65. The molecule has 0 unspecified atom stereocenters. The number of halogens is 2. The molecule has 0 fully saturated rings. The third-order valence-electron chi connectivity index (χ3n) is 2.59. The van der Waals surface area contributed by atoms with Gasteiger partial charge < -0.3 is 15.1 Å². The van der Waals surface area contributed by atoms with Crippen LogP contribution in [0.1, 0.15) is 15.9 Å². The van der Waals surface area contributed by atoms with Crippen LogP contribution in [0.2, 0.25) is 0 Å². The number of benzene rings is 1. The Labute approximate surface area is 120 Å². The molecule has 0 radical (unpaired) electrons. The molecule has 1 rings (SSSR count). The van der Waals surface area contributed by atoms with Crippen molar-refractivity contribution in [2.45, 2.75) is 6.43 Å². The van der Waals surface area contributed by atoms with Crippen molar-refractivity contribution >= 4 is 18.0 Å². The second-order valence-electron chi connectivity index (χ2n) is 4.16. The number of alkyl halides is 2. The van der Waals surface area contributed by atoms with E-state index < -0.39 is 31.5 Å². The van der Waals surface area contributed by atoms with Gasteiger partial charge in [-0.3, -0.25) is 4.79 Å². The summed E-state index contributed by atoms with van der Waals surface area (Å²) >= 11 is 0. The van der Waals surface area contributed by atoms with Crippen LogP contribution in [-0.4, -0.2) is 53.1 Å². The second kappa shape index (κ2) is 8.11. The smallest absolute Gasteiger partial charge is 0.328 e. The number of hydrogen-bond donors (Lipinski definition) is 2. The first-order valence-electron chi connectivity index (χ1n) is 6.13. The van der Waals surface area contributed by atoms with Crippen molar-refractivity contribution in [3.05, 3.63) is 41.5 Å². The van der Waals surface area contributed by atoms with Gasteiger partial charge in [0.25, 0.3) is 12.3 Å². The Hall–Kier alpha value is -2.28. The van der Waals surface area contributed by atoms with Gasteiger partial charge in [0.2, 0.25) is 0 Å². The first-order valence-corrected chi connectivity index (χ1v) is 6.13. The van der Waals surface area contributed by atoms with Crippen molar-refractivity contribution in [2.24, 2.45) is 0 Å². The van der Waals surface area contributed by atoms with E-state index in [2.05, 4.69) is 0 Å². The number of carboxylic acids is 1. The first-order chi connectivity index (χ1) is 9.93. The number of aliphatic hydroxyl groups is 1. The number of carbonyl (C=O) groups excluding carboxylic acids is 1. The average Bonchev–Trinajstić information content (AvgIpc) is 2.44. The molecule has 0 heterocycles. The van der Waals surface area contributed by atoms with Gasteiger partial charge in [-0.15, -0.1) is 0 Å². The van der Waals surface area contributed by atoms with Gasteiger partial charge in [-0.25, -0.2) is 13.6 Å². The molecule has 0 aromatic heterocycles. The third-order valence-corrected chi connectivity index (χ3v) is 2.59. The Bertz CT molecular complexity index is 514. The van der Waals surface area contributed by atoms with Crippen LogP contribution in [-0.2, 0) is 4.79 Å². The lowest BCUT2D eigenvalue weighted by molar-refractivity contribution is -0.131. The predicted octanol–water partition coefficient (Wildman–Crippen LogP) is 1.48. The molecule has 5 nitrogen and oxygen atoms in total. The van der Waals surface area contributed by atoms with Crippen LogP contribution in [0, 0.1) is 0 Å². The van der Waals surface area contributed by atoms with Crippen LogP contribution in [0.4, 0.5) is 8.78 Å². The Kier molecular flexibility index (Phi) is 6.48. The number of rotatable bonds is 7. The minimum atomic E-state index is -2.68. The van der Waals surface area contributed by atoms with Crippen LogP contribution >= 0.6 is 0 Å². The maximum atomic E-state index is 12.4. The minimum absolute atomic E-state index is 0.177. The Morgan fingerprint density at radius 2 is 1.86 bits per heavy atom. The second-order valence-corrected chi connectivity index (χ2v) is 4.16. The zero-order chi connectivity index (χ0) is 15.8. The molecule has 114 valence electrons. The van der Waals surface area contributed by atoms with Crippen LogP contribution in [0.15, 0.2) is 30.3 Å². The van der Waals surface area contributed by atoms with Crippen molar-refractivity contribution in [3.8, 4) is 0 Å². The largest absolute Gasteiger partial charge is 0.478 e. The molecule has 21 heavy (non-hydrogen) atoms. The Morgan fingerprint density at radius 1 is 1.24 bits per heavy atom. The lowest BCUT2D eigenvalue weighted by atomic mass is 10.1. The molecular formula is C14H15F2NO4. The van der Waals surface area contributed by atoms with Crippen LogP contribution in [0.25, 0.3) is 6.08 Å². The normalized spacial score (nSPS) is 11.0. The predicted molar refractivity (Wildman–Crippen MR) is 72.1 cm³/mol. The number of aliphatic hydroxyl groups excluding tert-OH is 1. The molecule has 0 spiro atoms. The summed E-state index contributed by atoms with van der Waals surface area (Å²) in [4.78, 5) is 23.3.